The van der Waals surface area contributed by atoms with Crippen LogP contribution in [0, 0.1) is 5.92 Å². The largest absolute Gasteiger partial charge is 0.312 e. The summed E-state index contributed by atoms with van der Waals surface area (Å²) < 4.78 is 27.5. The van der Waals surface area contributed by atoms with Crippen LogP contribution in [-0.2, 0) is 21.2 Å². The van der Waals surface area contributed by atoms with E-state index in [0.717, 1.165) is 30.5 Å². The third kappa shape index (κ3) is 2.78. The van der Waals surface area contributed by atoms with Gasteiger partial charge in [0.2, 0.25) is 5.91 Å². The molecule has 6 heteroatoms. The number of sulfonamides is 1. The zero-order chi connectivity index (χ0) is 16.7. The fourth-order valence-corrected chi connectivity index (χ4v) is 4.11. The molecule has 1 fully saturated rings. The van der Waals surface area contributed by atoms with Crippen molar-refractivity contribution in [3.05, 3.63) is 54.1 Å². The van der Waals surface area contributed by atoms with Gasteiger partial charge in [-0.3, -0.25) is 9.52 Å². The lowest BCUT2D eigenvalue weighted by Gasteiger charge is -2.18. The number of rotatable bonds is 4. The highest BCUT2D eigenvalue weighted by Crippen LogP contribution is 2.37. The summed E-state index contributed by atoms with van der Waals surface area (Å²) in [5.74, 6) is 0.317. The Labute approximate surface area is 141 Å². The van der Waals surface area contributed by atoms with E-state index in [4.69, 9.17) is 0 Å². The van der Waals surface area contributed by atoms with Crippen molar-refractivity contribution in [3.63, 3.8) is 0 Å². The number of nitrogens with one attached hydrogen (secondary N) is 1. The number of amides is 1. The number of benzene rings is 2. The fraction of sp³-hybridized carbons (Fsp3) is 0.278. The second-order valence-electron chi connectivity index (χ2n) is 6.28. The minimum absolute atomic E-state index is 0.153. The lowest BCUT2D eigenvalue weighted by molar-refractivity contribution is -0.119. The van der Waals surface area contributed by atoms with Crippen LogP contribution in [0.1, 0.15) is 18.4 Å². The average Bonchev–Trinajstić information content (AvgIpc) is 3.35. The molecule has 1 aliphatic carbocycles. The summed E-state index contributed by atoms with van der Waals surface area (Å²) in [7, 11) is -3.63. The summed E-state index contributed by atoms with van der Waals surface area (Å²) in [5, 5.41) is 0. The van der Waals surface area contributed by atoms with Crippen LogP contribution in [0.4, 0.5) is 11.4 Å². The van der Waals surface area contributed by atoms with Gasteiger partial charge < -0.3 is 4.90 Å². The summed E-state index contributed by atoms with van der Waals surface area (Å²) >= 11 is 0. The molecule has 1 N–H and O–H groups in total. The van der Waals surface area contributed by atoms with Crippen LogP contribution in [-0.4, -0.2) is 20.9 Å². The van der Waals surface area contributed by atoms with E-state index in [2.05, 4.69) is 4.72 Å². The molecule has 0 bridgehead atoms. The maximum absolute atomic E-state index is 12.4. The van der Waals surface area contributed by atoms with E-state index >= 15 is 0 Å². The third-order valence-electron chi connectivity index (χ3n) is 4.48. The van der Waals surface area contributed by atoms with Crippen molar-refractivity contribution in [2.75, 3.05) is 16.2 Å². The lowest BCUT2D eigenvalue weighted by atomic mass is 10.1. The number of nitrogens with zero attached hydrogens (tertiary/aromatic N) is 1. The minimum atomic E-state index is -3.63. The smallest absolute Gasteiger partial charge is 0.261 e. The Bertz CT molecular complexity index is 890. The van der Waals surface area contributed by atoms with Gasteiger partial charge >= 0.3 is 0 Å². The van der Waals surface area contributed by atoms with E-state index in [1.165, 1.54) is 0 Å². The summed E-state index contributed by atoms with van der Waals surface area (Å²) in [5.41, 5.74) is 2.40. The Kier molecular flexibility index (Phi) is 3.57. The third-order valence-corrected chi connectivity index (χ3v) is 5.88. The SMILES string of the molecule is O=C(C1CC1)N1CCc2ccc(NS(=O)(=O)c3ccccc3)cc21. The lowest BCUT2D eigenvalue weighted by Crippen LogP contribution is -2.30. The standard InChI is InChI=1S/C18H18N2O3S/c21-18(14-6-7-14)20-11-10-13-8-9-15(12-17(13)20)19-24(22,23)16-4-2-1-3-5-16/h1-5,8-9,12,14,19H,6-7,10-11H2. The predicted molar refractivity (Wildman–Crippen MR) is 92.5 cm³/mol. The second kappa shape index (κ2) is 5.63. The van der Waals surface area contributed by atoms with Crippen LogP contribution in [0.15, 0.2) is 53.4 Å². The molecule has 0 radical (unpaired) electrons. The minimum Gasteiger partial charge on any atom is -0.312 e. The van der Waals surface area contributed by atoms with Gasteiger partial charge in [-0.05, 0) is 49.1 Å². The van der Waals surface area contributed by atoms with Gasteiger partial charge in [-0.2, -0.15) is 0 Å². The molecule has 124 valence electrons. The Hall–Kier alpha value is -2.34. The van der Waals surface area contributed by atoms with Crippen LogP contribution in [0.25, 0.3) is 0 Å². The van der Waals surface area contributed by atoms with Crippen molar-refractivity contribution in [1.82, 2.24) is 0 Å². The van der Waals surface area contributed by atoms with Gasteiger partial charge in [0.1, 0.15) is 0 Å². The molecule has 1 aliphatic heterocycles. The molecule has 4 rings (SSSR count). The van der Waals surface area contributed by atoms with Crippen LogP contribution >= 0.6 is 0 Å². The monoisotopic (exact) mass is 342 g/mol. The number of hydrogen-bond donors (Lipinski definition) is 1. The summed E-state index contributed by atoms with van der Waals surface area (Å²) in [4.78, 5) is 14.4. The molecule has 2 aromatic carbocycles. The van der Waals surface area contributed by atoms with Crippen molar-refractivity contribution in [2.45, 2.75) is 24.2 Å². The van der Waals surface area contributed by atoms with E-state index in [0.29, 0.717) is 12.2 Å². The highest BCUT2D eigenvalue weighted by atomic mass is 32.2. The van der Waals surface area contributed by atoms with E-state index in [-0.39, 0.29) is 16.7 Å². The van der Waals surface area contributed by atoms with Gasteiger partial charge in [0, 0.05) is 18.2 Å². The van der Waals surface area contributed by atoms with E-state index < -0.39 is 10.0 Å². The number of carbonyl (C=O) groups is 1. The highest BCUT2D eigenvalue weighted by Gasteiger charge is 2.36. The number of carbonyl (C=O) groups excluding carboxylic acids is 1. The number of hydrogen-bond acceptors (Lipinski definition) is 3. The van der Waals surface area contributed by atoms with Gasteiger partial charge in [-0.25, -0.2) is 8.42 Å². The number of fused-ring (bicyclic) bond motifs is 1. The van der Waals surface area contributed by atoms with Crippen LogP contribution in [0.5, 0.6) is 0 Å². The van der Waals surface area contributed by atoms with Crippen molar-refractivity contribution in [2.24, 2.45) is 5.92 Å². The van der Waals surface area contributed by atoms with Gasteiger partial charge in [0.15, 0.2) is 0 Å². The molecule has 2 aromatic rings. The van der Waals surface area contributed by atoms with Gasteiger partial charge in [-0.15, -0.1) is 0 Å². The zero-order valence-corrected chi connectivity index (χ0v) is 13.9. The maximum atomic E-state index is 12.4. The van der Waals surface area contributed by atoms with Crippen molar-refractivity contribution in [1.29, 1.82) is 0 Å². The molecule has 1 saturated carbocycles. The Morgan fingerprint density at radius 2 is 1.83 bits per heavy atom. The van der Waals surface area contributed by atoms with Crippen LogP contribution < -0.4 is 9.62 Å². The van der Waals surface area contributed by atoms with E-state index in [1.54, 1.807) is 47.4 Å². The topological polar surface area (TPSA) is 66.5 Å². The first kappa shape index (κ1) is 15.2. The fourth-order valence-electron chi connectivity index (χ4n) is 3.04. The number of anilines is 2. The summed E-state index contributed by atoms with van der Waals surface area (Å²) in [6, 6.07) is 13.7. The van der Waals surface area contributed by atoms with Gasteiger partial charge in [0.05, 0.1) is 10.6 Å². The average molecular weight is 342 g/mol. The molecule has 0 saturated heterocycles. The molecule has 0 spiro atoms. The molecule has 1 amide bonds. The molecule has 0 aromatic heterocycles. The first-order valence-corrected chi connectivity index (χ1v) is 9.55. The van der Waals surface area contributed by atoms with Gasteiger partial charge in [0.25, 0.3) is 10.0 Å². The quantitative estimate of drug-likeness (QED) is 0.929. The molecule has 2 aliphatic rings. The van der Waals surface area contributed by atoms with Crippen molar-refractivity contribution in [3.8, 4) is 0 Å². The van der Waals surface area contributed by atoms with Crippen LogP contribution in [0.2, 0.25) is 0 Å². The molecular weight excluding hydrogens is 324 g/mol. The Morgan fingerprint density at radius 1 is 1.08 bits per heavy atom. The normalized spacial score (nSPS) is 16.8. The molecule has 0 atom stereocenters. The summed E-state index contributed by atoms with van der Waals surface area (Å²) in [6.45, 7) is 0.680. The van der Waals surface area contributed by atoms with Crippen molar-refractivity contribution < 1.29 is 13.2 Å². The highest BCUT2D eigenvalue weighted by molar-refractivity contribution is 7.92. The Balaban J connectivity index is 1.62. The van der Waals surface area contributed by atoms with E-state index in [1.807, 2.05) is 6.07 Å². The molecule has 5 nitrogen and oxygen atoms in total. The first-order chi connectivity index (χ1) is 11.5. The molecule has 0 unspecified atom stereocenters. The molecule has 1 heterocycles. The second-order valence-corrected chi connectivity index (χ2v) is 7.96. The predicted octanol–water partition coefficient (Wildman–Crippen LogP) is 2.79. The maximum Gasteiger partial charge on any atom is 0.261 e. The zero-order valence-electron chi connectivity index (χ0n) is 13.1. The molecular formula is C18H18N2O3S. The Morgan fingerprint density at radius 3 is 2.54 bits per heavy atom. The van der Waals surface area contributed by atoms with E-state index in [9.17, 15) is 13.2 Å². The first-order valence-electron chi connectivity index (χ1n) is 8.07. The van der Waals surface area contributed by atoms with Crippen LogP contribution in [0.3, 0.4) is 0 Å². The van der Waals surface area contributed by atoms with Gasteiger partial charge in [-0.1, -0.05) is 24.3 Å². The molecule has 24 heavy (non-hydrogen) atoms. The van der Waals surface area contributed by atoms with Crippen molar-refractivity contribution >= 4 is 27.3 Å². The summed E-state index contributed by atoms with van der Waals surface area (Å²) in [6.07, 6.45) is 2.75.